The highest BCUT2D eigenvalue weighted by Crippen LogP contribution is 2.32. The molecule has 138 valence electrons. The van der Waals surface area contributed by atoms with Crippen LogP contribution >= 0.6 is 0 Å². The Labute approximate surface area is 158 Å². The average molecular weight is 362 g/mol. The lowest BCUT2D eigenvalue weighted by Crippen LogP contribution is -2.43. The molecule has 0 atom stereocenters. The number of benzene rings is 1. The maximum atomic E-state index is 9.80. The number of H-pyrrole nitrogens is 1. The van der Waals surface area contributed by atoms with Crippen LogP contribution in [0.15, 0.2) is 24.3 Å². The molecule has 0 saturated carbocycles. The van der Waals surface area contributed by atoms with Crippen LogP contribution in [0.3, 0.4) is 0 Å². The van der Waals surface area contributed by atoms with Crippen molar-refractivity contribution in [2.24, 2.45) is 0 Å². The average Bonchev–Trinajstić information content (AvgIpc) is 3.29. The number of nitriles is 1. The van der Waals surface area contributed by atoms with Crippen LogP contribution in [0.2, 0.25) is 0 Å². The van der Waals surface area contributed by atoms with Gasteiger partial charge in [0.1, 0.15) is 22.7 Å². The third-order valence-electron chi connectivity index (χ3n) is 6.00. The first-order valence-corrected chi connectivity index (χ1v) is 9.71. The number of imidazole rings is 1. The van der Waals surface area contributed by atoms with E-state index in [0.29, 0.717) is 0 Å². The molecule has 6 nitrogen and oxygen atoms in total. The van der Waals surface area contributed by atoms with Gasteiger partial charge in [-0.3, -0.25) is 14.8 Å². The zero-order chi connectivity index (χ0) is 18.4. The first kappa shape index (κ1) is 16.5. The summed E-state index contributed by atoms with van der Waals surface area (Å²) in [6.07, 6.45) is 1.00. The number of fused-ring (bicyclic) bond motifs is 5. The molecule has 0 aliphatic carbocycles. The lowest BCUT2D eigenvalue weighted by molar-refractivity contribution is -0.467. The maximum absolute atomic E-state index is 9.80. The van der Waals surface area contributed by atoms with Gasteiger partial charge in [-0.05, 0) is 24.6 Å². The Morgan fingerprint density at radius 2 is 2.00 bits per heavy atom. The van der Waals surface area contributed by atoms with E-state index in [4.69, 9.17) is 4.74 Å². The smallest absolute Gasteiger partial charge is 0.250 e. The third-order valence-corrected chi connectivity index (χ3v) is 6.00. The molecule has 5 rings (SSSR count). The Kier molecular flexibility index (Phi) is 4.00. The summed E-state index contributed by atoms with van der Waals surface area (Å²) in [5, 5.41) is 9.80. The molecule has 0 amide bonds. The number of hydrogen-bond donors (Lipinski definition) is 1. The normalized spacial score (nSPS) is 17.6. The number of aromatic amines is 1. The van der Waals surface area contributed by atoms with Gasteiger partial charge in [-0.15, -0.1) is 0 Å². The van der Waals surface area contributed by atoms with E-state index in [-0.39, 0.29) is 0 Å². The molecule has 2 aliphatic rings. The number of morpholine rings is 1. The summed E-state index contributed by atoms with van der Waals surface area (Å²) in [4.78, 5) is 8.45. The van der Waals surface area contributed by atoms with Gasteiger partial charge in [0.15, 0.2) is 0 Å². The van der Waals surface area contributed by atoms with Crippen molar-refractivity contribution in [3.05, 3.63) is 41.0 Å². The molecule has 0 radical (unpaired) electrons. The quantitative estimate of drug-likeness (QED) is 0.722. The van der Waals surface area contributed by atoms with Crippen LogP contribution in [0.25, 0.3) is 16.7 Å². The summed E-state index contributed by atoms with van der Waals surface area (Å²) in [5.41, 5.74) is 6.32. The number of ether oxygens (including phenoxy) is 1. The Bertz CT molecular complexity index is 1060. The van der Waals surface area contributed by atoms with Crippen molar-refractivity contribution in [3.8, 4) is 6.07 Å². The van der Waals surface area contributed by atoms with Crippen molar-refractivity contribution in [1.29, 1.82) is 5.26 Å². The van der Waals surface area contributed by atoms with Gasteiger partial charge < -0.3 is 4.74 Å². The van der Waals surface area contributed by atoms with Crippen molar-refractivity contribution in [2.45, 2.75) is 13.3 Å². The molecule has 27 heavy (non-hydrogen) atoms. The molecule has 6 heteroatoms. The molecular formula is C21H24N5O+. The number of rotatable bonds is 3. The SMILES string of the molecule is Cc1c2c([n+]3c([nH]c4ccccc43)c1C#N)N(CCN1CCOCC1)CC2. The van der Waals surface area contributed by atoms with E-state index >= 15 is 0 Å². The number of nitrogens with one attached hydrogen (secondary N) is 1. The predicted molar refractivity (Wildman–Crippen MR) is 104 cm³/mol. The second-order valence-electron chi connectivity index (χ2n) is 7.43. The van der Waals surface area contributed by atoms with E-state index in [9.17, 15) is 5.26 Å². The number of aromatic nitrogens is 2. The van der Waals surface area contributed by atoms with E-state index in [1.54, 1.807) is 0 Å². The lowest BCUT2D eigenvalue weighted by Gasteiger charge is -2.27. The second kappa shape index (κ2) is 6.52. The van der Waals surface area contributed by atoms with E-state index in [2.05, 4.69) is 50.4 Å². The summed E-state index contributed by atoms with van der Waals surface area (Å²) in [7, 11) is 0. The number of para-hydroxylation sites is 2. The van der Waals surface area contributed by atoms with Gasteiger partial charge in [0, 0.05) is 31.6 Å². The molecule has 1 N–H and O–H groups in total. The van der Waals surface area contributed by atoms with Gasteiger partial charge in [-0.2, -0.15) is 9.66 Å². The molecule has 1 aromatic carbocycles. The minimum Gasteiger partial charge on any atom is -0.379 e. The van der Waals surface area contributed by atoms with Crippen LogP contribution in [-0.4, -0.2) is 55.8 Å². The van der Waals surface area contributed by atoms with Crippen LogP contribution in [0.1, 0.15) is 16.7 Å². The minimum absolute atomic E-state index is 0.764. The van der Waals surface area contributed by atoms with Crippen molar-refractivity contribution < 1.29 is 9.14 Å². The minimum atomic E-state index is 0.764. The Hall–Kier alpha value is -2.62. The van der Waals surface area contributed by atoms with Crippen LogP contribution in [-0.2, 0) is 11.2 Å². The number of anilines is 1. The molecule has 0 bridgehead atoms. The van der Waals surface area contributed by atoms with Crippen molar-refractivity contribution >= 4 is 22.5 Å². The van der Waals surface area contributed by atoms with Crippen LogP contribution in [0, 0.1) is 18.3 Å². The zero-order valence-electron chi connectivity index (χ0n) is 15.7. The summed E-state index contributed by atoms with van der Waals surface area (Å²) in [5.74, 6) is 1.26. The standard InChI is InChI=1S/C21H23N5O/c1-15-16-6-7-25(9-8-24-10-12-27-13-11-24)21(16)26-19-5-3-2-4-18(19)23-20(26)17(15)14-22/h2-5H,6-13H2,1H3/p+1. The largest absolute Gasteiger partial charge is 0.379 e. The van der Waals surface area contributed by atoms with Crippen LogP contribution in [0.4, 0.5) is 5.82 Å². The molecule has 2 aliphatic heterocycles. The molecule has 1 saturated heterocycles. The molecule has 0 unspecified atom stereocenters. The molecule has 1 fully saturated rings. The molecule has 0 spiro atoms. The van der Waals surface area contributed by atoms with Crippen molar-refractivity contribution in [1.82, 2.24) is 9.88 Å². The fourth-order valence-corrected chi connectivity index (χ4v) is 4.53. The third kappa shape index (κ3) is 2.58. The summed E-state index contributed by atoms with van der Waals surface area (Å²) in [6, 6.07) is 10.7. The van der Waals surface area contributed by atoms with Gasteiger partial charge in [0.05, 0.1) is 26.3 Å². The number of pyridine rings is 1. The van der Waals surface area contributed by atoms with E-state index in [1.165, 1.54) is 11.4 Å². The second-order valence-corrected chi connectivity index (χ2v) is 7.43. The van der Waals surface area contributed by atoms with Gasteiger partial charge in [0.2, 0.25) is 11.5 Å². The van der Waals surface area contributed by atoms with Gasteiger partial charge in [0.25, 0.3) is 0 Å². The fourth-order valence-electron chi connectivity index (χ4n) is 4.53. The number of nitrogens with zero attached hydrogens (tertiary/aromatic N) is 4. The lowest BCUT2D eigenvalue weighted by atomic mass is 10.0. The molecule has 2 aromatic heterocycles. The van der Waals surface area contributed by atoms with E-state index < -0.39 is 0 Å². The molecular weight excluding hydrogens is 338 g/mol. The highest BCUT2D eigenvalue weighted by Gasteiger charge is 2.34. The van der Waals surface area contributed by atoms with Crippen molar-refractivity contribution in [3.63, 3.8) is 0 Å². The topological polar surface area (TPSA) is 59.4 Å². The molecule has 4 heterocycles. The Morgan fingerprint density at radius 1 is 1.19 bits per heavy atom. The first-order valence-electron chi connectivity index (χ1n) is 9.71. The summed E-state index contributed by atoms with van der Waals surface area (Å²) >= 11 is 0. The fraction of sp³-hybridized carbons (Fsp3) is 0.429. The van der Waals surface area contributed by atoms with E-state index in [0.717, 1.165) is 80.2 Å². The summed E-state index contributed by atoms with van der Waals surface area (Å²) < 4.78 is 7.74. The monoisotopic (exact) mass is 362 g/mol. The maximum Gasteiger partial charge on any atom is 0.250 e. The van der Waals surface area contributed by atoms with Crippen LogP contribution < -0.4 is 9.30 Å². The summed E-state index contributed by atoms with van der Waals surface area (Å²) in [6.45, 7) is 8.86. The number of hydrogen-bond acceptors (Lipinski definition) is 4. The highest BCUT2D eigenvalue weighted by atomic mass is 16.5. The zero-order valence-corrected chi connectivity index (χ0v) is 15.7. The van der Waals surface area contributed by atoms with Gasteiger partial charge >= 0.3 is 0 Å². The predicted octanol–water partition coefficient (Wildman–Crippen LogP) is 1.78. The van der Waals surface area contributed by atoms with Crippen LogP contribution in [0.5, 0.6) is 0 Å². The van der Waals surface area contributed by atoms with E-state index in [1.807, 2.05) is 6.07 Å². The Balaban J connectivity index is 1.62. The van der Waals surface area contributed by atoms with Gasteiger partial charge in [-0.25, -0.2) is 0 Å². The highest BCUT2D eigenvalue weighted by molar-refractivity contribution is 5.78. The van der Waals surface area contributed by atoms with Gasteiger partial charge in [-0.1, -0.05) is 12.1 Å². The molecule has 3 aromatic rings. The first-order chi connectivity index (χ1) is 13.3. The van der Waals surface area contributed by atoms with Crippen molar-refractivity contribution in [2.75, 3.05) is 50.8 Å². The Morgan fingerprint density at radius 3 is 2.81 bits per heavy atom.